The van der Waals surface area contributed by atoms with Crippen LogP contribution < -0.4 is 10.6 Å². The van der Waals surface area contributed by atoms with Gasteiger partial charge in [0.25, 0.3) is 5.91 Å². The second-order valence-corrected chi connectivity index (χ2v) is 7.97. The number of amides is 1. The molecule has 5 nitrogen and oxygen atoms in total. The fourth-order valence-corrected chi connectivity index (χ4v) is 4.18. The molecule has 0 radical (unpaired) electrons. The molecule has 0 fully saturated rings. The van der Waals surface area contributed by atoms with Crippen molar-refractivity contribution in [2.24, 2.45) is 5.10 Å². The Bertz CT molecular complexity index is 856. The van der Waals surface area contributed by atoms with E-state index in [2.05, 4.69) is 32.6 Å². The van der Waals surface area contributed by atoms with Crippen molar-refractivity contribution in [1.29, 1.82) is 0 Å². The predicted molar refractivity (Wildman–Crippen MR) is 105 cm³/mol. The van der Waals surface area contributed by atoms with E-state index in [0.717, 1.165) is 27.0 Å². The highest BCUT2D eigenvalue weighted by Gasteiger charge is 2.41. The fourth-order valence-electron chi connectivity index (χ4n) is 3.17. The smallest absolute Gasteiger partial charge is 0.255 e. The number of amidine groups is 1. The lowest BCUT2D eigenvalue weighted by atomic mass is 9.97. The zero-order valence-electron chi connectivity index (χ0n) is 13.6. The molecule has 0 bridgehead atoms. The molecule has 2 atom stereocenters. The Labute approximate surface area is 159 Å². The Balaban J connectivity index is 1.84. The number of anilines is 1. The lowest BCUT2D eigenvalue weighted by Gasteiger charge is -2.43. The molecule has 0 spiro atoms. The van der Waals surface area contributed by atoms with Crippen LogP contribution in [0, 0.1) is 0 Å². The number of carbonyl (C=O) groups excluding carboxylic acids is 1. The van der Waals surface area contributed by atoms with Gasteiger partial charge in [-0.3, -0.25) is 9.80 Å². The Kier molecular flexibility index (Phi) is 4.43. The summed E-state index contributed by atoms with van der Waals surface area (Å²) in [5.74, 6) is 0.809. The largest absolute Gasteiger partial charge is 0.360 e. The van der Waals surface area contributed by atoms with Crippen molar-refractivity contribution in [3.8, 4) is 0 Å². The highest BCUT2D eigenvalue weighted by Crippen LogP contribution is 2.42. The van der Waals surface area contributed by atoms with E-state index in [1.54, 1.807) is 0 Å². The Morgan fingerprint density at radius 3 is 2.88 bits per heavy atom. The van der Waals surface area contributed by atoms with Crippen LogP contribution in [0.4, 0.5) is 5.69 Å². The molecule has 128 valence electrons. The summed E-state index contributed by atoms with van der Waals surface area (Å²) in [7, 11) is 0. The molecule has 4 rings (SSSR count). The van der Waals surface area contributed by atoms with Crippen LogP contribution in [-0.4, -0.2) is 21.8 Å². The van der Waals surface area contributed by atoms with Crippen molar-refractivity contribution in [3.05, 3.63) is 64.1 Å². The van der Waals surface area contributed by atoms with E-state index in [1.165, 1.54) is 11.8 Å². The summed E-state index contributed by atoms with van der Waals surface area (Å²) in [6.07, 6.45) is -0.212. The van der Waals surface area contributed by atoms with Crippen LogP contribution in [0.1, 0.15) is 30.3 Å². The van der Waals surface area contributed by atoms with Crippen LogP contribution in [0.15, 0.2) is 58.1 Å². The van der Waals surface area contributed by atoms with Crippen LogP contribution in [0.2, 0.25) is 0 Å². The maximum Gasteiger partial charge on any atom is 0.255 e. The molecule has 0 aromatic heterocycles. The van der Waals surface area contributed by atoms with Crippen molar-refractivity contribution in [3.63, 3.8) is 0 Å². The van der Waals surface area contributed by atoms with E-state index in [0.29, 0.717) is 5.17 Å². The molecule has 1 amide bonds. The first-order chi connectivity index (χ1) is 12.2. The number of fused-ring (bicyclic) bond motifs is 3. The second kappa shape index (κ2) is 6.72. The summed E-state index contributed by atoms with van der Waals surface area (Å²) in [6, 6.07) is 15.5. The molecular weight excluding hydrogens is 400 g/mol. The lowest BCUT2D eigenvalue weighted by Crippen LogP contribution is -2.50. The normalized spacial score (nSPS) is 21.6. The number of halogens is 1. The summed E-state index contributed by atoms with van der Waals surface area (Å²) in [6.45, 7) is 2.04. The van der Waals surface area contributed by atoms with Gasteiger partial charge in [-0.2, -0.15) is 0 Å². The molecule has 0 aliphatic carbocycles. The van der Waals surface area contributed by atoms with Gasteiger partial charge >= 0.3 is 0 Å². The number of hydrogen-bond acceptors (Lipinski definition) is 5. The third-order valence-electron chi connectivity index (χ3n) is 4.21. The van der Waals surface area contributed by atoms with Crippen LogP contribution in [-0.2, 0) is 4.79 Å². The fraction of sp³-hybridized carbons (Fsp3) is 0.222. The minimum Gasteiger partial charge on any atom is -0.360 e. The van der Waals surface area contributed by atoms with Gasteiger partial charge in [0.15, 0.2) is 11.2 Å². The van der Waals surface area contributed by atoms with Crippen LogP contribution >= 0.6 is 27.7 Å². The van der Waals surface area contributed by atoms with Gasteiger partial charge in [0.2, 0.25) is 0 Å². The molecule has 2 N–H and O–H groups in total. The summed E-state index contributed by atoms with van der Waals surface area (Å²) >= 11 is 5.06. The Morgan fingerprint density at radius 1 is 1.24 bits per heavy atom. The van der Waals surface area contributed by atoms with E-state index >= 15 is 0 Å². The number of carbonyl (C=O) groups is 1. The highest BCUT2D eigenvalue weighted by atomic mass is 79.9. The summed E-state index contributed by atoms with van der Waals surface area (Å²) < 4.78 is 0.996. The van der Waals surface area contributed by atoms with Gasteiger partial charge in [0.05, 0.1) is 0 Å². The third-order valence-corrected chi connectivity index (χ3v) is 5.45. The number of nitrogens with zero attached hydrogens (tertiary/aromatic N) is 2. The number of hydrogen-bond donors (Lipinski definition) is 2. The number of hydrazone groups is 1. The molecule has 0 saturated heterocycles. The second-order valence-electron chi connectivity index (χ2n) is 5.80. The Morgan fingerprint density at radius 2 is 2.08 bits per heavy atom. The van der Waals surface area contributed by atoms with Gasteiger partial charge in [-0.25, -0.2) is 0 Å². The summed E-state index contributed by atoms with van der Waals surface area (Å²) in [5.41, 5.74) is 2.95. The minimum absolute atomic E-state index is 0.0418. The van der Waals surface area contributed by atoms with Crippen molar-refractivity contribution < 1.29 is 4.79 Å². The van der Waals surface area contributed by atoms with Crippen molar-refractivity contribution >= 4 is 44.5 Å². The van der Waals surface area contributed by atoms with E-state index in [-0.39, 0.29) is 12.1 Å². The van der Waals surface area contributed by atoms with Gasteiger partial charge in [0.1, 0.15) is 6.17 Å². The van der Waals surface area contributed by atoms with Crippen LogP contribution in [0.3, 0.4) is 0 Å². The van der Waals surface area contributed by atoms with Gasteiger partial charge in [-0.1, -0.05) is 64.9 Å². The van der Waals surface area contributed by atoms with Crippen LogP contribution in [0.5, 0.6) is 0 Å². The number of nitrogens with one attached hydrogen (secondary N) is 2. The molecule has 2 aromatic rings. The van der Waals surface area contributed by atoms with Gasteiger partial charge in [-0.05, 0) is 29.5 Å². The third kappa shape index (κ3) is 3.02. The number of benzene rings is 2. The van der Waals surface area contributed by atoms with Crippen LogP contribution in [0.25, 0.3) is 0 Å². The molecule has 2 aliphatic rings. The van der Waals surface area contributed by atoms with Crippen molar-refractivity contribution in [2.45, 2.75) is 19.1 Å². The summed E-state index contributed by atoms with van der Waals surface area (Å²) in [5, 5.41) is 13.7. The molecule has 25 heavy (non-hydrogen) atoms. The zero-order chi connectivity index (χ0) is 17.4. The maximum absolute atomic E-state index is 12.8. The highest BCUT2D eigenvalue weighted by molar-refractivity contribution is 9.10. The molecule has 7 heteroatoms. The van der Waals surface area contributed by atoms with E-state index in [4.69, 9.17) is 5.10 Å². The molecular formula is C18H17BrN4OS. The summed E-state index contributed by atoms with van der Waals surface area (Å²) in [4.78, 5) is 12.8. The number of rotatable bonds is 2. The van der Waals surface area contributed by atoms with Gasteiger partial charge < -0.3 is 10.6 Å². The number of para-hydroxylation sites is 1. The lowest BCUT2D eigenvalue weighted by molar-refractivity contribution is -0.127. The molecule has 2 aromatic carbocycles. The first-order valence-electron chi connectivity index (χ1n) is 8.09. The van der Waals surface area contributed by atoms with E-state index in [1.807, 2.05) is 54.4 Å². The molecule has 0 unspecified atom stereocenters. The molecule has 2 aliphatic heterocycles. The molecule has 0 saturated carbocycles. The van der Waals surface area contributed by atoms with E-state index in [9.17, 15) is 4.79 Å². The number of thioether (sulfide) groups is 1. The topological polar surface area (TPSA) is 56.7 Å². The predicted octanol–water partition coefficient (Wildman–Crippen LogP) is 4.07. The molecule has 2 heterocycles. The average molecular weight is 417 g/mol. The van der Waals surface area contributed by atoms with Gasteiger partial charge in [0, 0.05) is 15.7 Å². The SMILES string of the molecule is CCSC1=NN2[C@H](C(=O)N1)c1ccccc1N[C@H]2c1cccc(Br)c1. The standard InChI is InChI=1S/C18H17BrN4OS/c1-2-25-18-21-17(24)15-13-8-3-4-9-14(13)20-16(23(15)22-18)11-6-5-7-12(19)10-11/h3-10,15-16,20H,2H2,1H3,(H,21,22,24)/t15-,16+/m0/s1. The monoisotopic (exact) mass is 416 g/mol. The average Bonchev–Trinajstić information content (AvgIpc) is 2.61. The quantitative estimate of drug-likeness (QED) is 0.774. The first-order valence-corrected chi connectivity index (χ1v) is 9.87. The van der Waals surface area contributed by atoms with Crippen molar-refractivity contribution in [1.82, 2.24) is 10.3 Å². The first kappa shape index (κ1) is 16.5. The minimum atomic E-state index is -0.442. The van der Waals surface area contributed by atoms with Gasteiger partial charge in [-0.15, -0.1) is 5.10 Å². The zero-order valence-corrected chi connectivity index (χ0v) is 16.0. The maximum atomic E-state index is 12.8. The van der Waals surface area contributed by atoms with E-state index < -0.39 is 6.04 Å². The Hall–Kier alpha value is -1.99. The van der Waals surface area contributed by atoms with Crippen molar-refractivity contribution in [2.75, 3.05) is 11.1 Å².